The van der Waals surface area contributed by atoms with Crippen LogP contribution in [0.2, 0.25) is 5.02 Å². The van der Waals surface area contributed by atoms with Crippen LogP contribution in [0.4, 0.5) is 14.9 Å². The lowest BCUT2D eigenvalue weighted by Gasteiger charge is -2.35. The number of carbonyl (C=O) groups excluding carboxylic acids is 3. The van der Waals surface area contributed by atoms with E-state index in [4.69, 9.17) is 21.1 Å². The van der Waals surface area contributed by atoms with Gasteiger partial charge in [0.25, 0.3) is 5.91 Å². The van der Waals surface area contributed by atoms with E-state index in [1.54, 1.807) is 6.92 Å². The summed E-state index contributed by atoms with van der Waals surface area (Å²) in [5.41, 5.74) is 0.0838. The maximum absolute atomic E-state index is 14.7. The third-order valence-corrected chi connectivity index (χ3v) is 5.56. The number of hydrogen-bond acceptors (Lipinski definition) is 5. The summed E-state index contributed by atoms with van der Waals surface area (Å²) >= 11 is 5.86. The standard InChI is InChI=1S/C21H23ClFNO5/c1-3-28-21(27)29-19-17(12(2)25)18(13-7-5-4-6-8-13)24(20(19)26)16-10-9-14(22)11-15(16)23/h9-11,13,18H,3-8H2,1-2H3. The summed E-state index contributed by atoms with van der Waals surface area (Å²) in [5, 5.41) is 0.190. The van der Waals surface area contributed by atoms with Crippen molar-refractivity contribution >= 4 is 35.1 Å². The highest BCUT2D eigenvalue weighted by atomic mass is 35.5. The van der Waals surface area contributed by atoms with Gasteiger partial charge in [-0.15, -0.1) is 0 Å². The monoisotopic (exact) mass is 423 g/mol. The zero-order valence-corrected chi connectivity index (χ0v) is 17.1. The Hall–Kier alpha value is -2.41. The van der Waals surface area contributed by atoms with E-state index in [0.717, 1.165) is 38.2 Å². The van der Waals surface area contributed by atoms with Crippen molar-refractivity contribution in [2.75, 3.05) is 11.5 Å². The summed E-state index contributed by atoms with van der Waals surface area (Å²) in [6.07, 6.45) is 3.46. The van der Waals surface area contributed by atoms with Crippen LogP contribution in [0.25, 0.3) is 0 Å². The van der Waals surface area contributed by atoms with Crippen LogP contribution in [0.5, 0.6) is 0 Å². The maximum Gasteiger partial charge on any atom is 0.514 e. The molecule has 1 atom stereocenters. The number of Topliss-reactive ketones (excluding diaryl/α,β-unsaturated/α-hetero) is 1. The van der Waals surface area contributed by atoms with Gasteiger partial charge in [0.1, 0.15) is 5.82 Å². The summed E-state index contributed by atoms with van der Waals surface area (Å²) in [6, 6.07) is 3.28. The Bertz CT molecular complexity index is 863. The van der Waals surface area contributed by atoms with Crippen LogP contribution in [0.1, 0.15) is 46.0 Å². The van der Waals surface area contributed by atoms with Crippen LogP contribution in [0, 0.1) is 11.7 Å². The van der Waals surface area contributed by atoms with Crippen LogP contribution in [0.15, 0.2) is 29.5 Å². The zero-order valence-electron chi connectivity index (χ0n) is 16.4. The molecule has 3 rings (SSSR count). The largest absolute Gasteiger partial charge is 0.514 e. The third-order valence-electron chi connectivity index (χ3n) is 5.32. The van der Waals surface area contributed by atoms with Crippen molar-refractivity contribution < 1.29 is 28.2 Å². The van der Waals surface area contributed by atoms with Gasteiger partial charge in [-0.05, 0) is 50.8 Å². The molecule has 1 aliphatic carbocycles. The second-order valence-corrected chi connectivity index (χ2v) is 7.63. The van der Waals surface area contributed by atoms with Gasteiger partial charge < -0.3 is 9.47 Å². The fourth-order valence-corrected chi connectivity index (χ4v) is 4.30. The number of ketones is 1. The minimum absolute atomic E-state index is 0.00353. The van der Waals surface area contributed by atoms with Gasteiger partial charge in [0, 0.05) is 5.02 Å². The Morgan fingerprint density at radius 1 is 1.24 bits per heavy atom. The number of amides is 1. The normalized spacial score (nSPS) is 20.2. The van der Waals surface area contributed by atoms with Gasteiger partial charge in [-0.3, -0.25) is 14.5 Å². The van der Waals surface area contributed by atoms with E-state index < -0.39 is 29.7 Å². The topological polar surface area (TPSA) is 72.9 Å². The van der Waals surface area contributed by atoms with Crippen molar-refractivity contribution in [1.82, 2.24) is 0 Å². The molecule has 8 heteroatoms. The second kappa shape index (κ2) is 8.95. The summed E-state index contributed by atoms with van der Waals surface area (Å²) in [6.45, 7) is 2.96. The number of rotatable bonds is 5. The Balaban J connectivity index is 2.10. The van der Waals surface area contributed by atoms with Gasteiger partial charge in [-0.25, -0.2) is 9.18 Å². The number of ether oxygens (including phenoxy) is 2. The number of halogens is 2. The molecular weight excluding hydrogens is 401 g/mol. The highest BCUT2D eigenvalue weighted by Crippen LogP contribution is 2.42. The molecule has 1 unspecified atom stereocenters. The number of nitrogens with zero attached hydrogens (tertiary/aromatic N) is 1. The van der Waals surface area contributed by atoms with Crippen LogP contribution >= 0.6 is 11.6 Å². The molecule has 0 aromatic heterocycles. The van der Waals surface area contributed by atoms with Crippen molar-refractivity contribution in [3.63, 3.8) is 0 Å². The van der Waals surface area contributed by atoms with Gasteiger partial charge in [0.05, 0.1) is 23.9 Å². The number of hydrogen-bond donors (Lipinski definition) is 0. The molecule has 2 aliphatic rings. The molecule has 0 spiro atoms. The lowest BCUT2D eigenvalue weighted by atomic mass is 9.80. The van der Waals surface area contributed by atoms with Gasteiger partial charge >= 0.3 is 6.16 Å². The van der Waals surface area contributed by atoms with Crippen molar-refractivity contribution in [2.45, 2.75) is 52.0 Å². The molecule has 1 aliphatic heterocycles. The molecule has 156 valence electrons. The first-order chi connectivity index (χ1) is 13.8. The Labute approximate surface area is 173 Å². The smallest absolute Gasteiger partial charge is 0.434 e. The van der Waals surface area contributed by atoms with Crippen LogP contribution in [-0.2, 0) is 19.1 Å². The predicted molar refractivity (Wildman–Crippen MR) is 105 cm³/mol. The molecule has 1 aromatic rings. The van der Waals surface area contributed by atoms with E-state index in [9.17, 15) is 18.8 Å². The first kappa shape index (κ1) is 21.3. The molecular formula is C21H23ClFNO5. The molecule has 0 radical (unpaired) electrons. The average molecular weight is 424 g/mol. The van der Waals surface area contributed by atoms with Crippen LogP contribution in [-0.4, -0.2) is 30.5 Å². The molecule has 29 heavy (non-hydrogen) atoms. The van der Waals surface area contributed by atoms with Gasteiger partial charge in [-0.2, -0.15) is 0 Å². The first-order valence-electron chi connectivity index (χ1n) is 9.73. The summed E-state index contributed by atoms with van der Waals surface area (Å²) in [7, 11) is 0. The Morgan fingerprint density at radius 2 is 1.93 bits per heavy atom. The molecule has 1 fully saturated rings. The number of anilines is 1. The fraction of sp³-hybridized carbons (Fsp3) is 0.476. The van der Waals surface area contributed by atoms with E-state index >= 15 is 0 Å². The highest BCUT2D eigenvalue weighted by Gasteiger charge is 2.48. The van der Waals surface area contributed by atoms with Gasteiger partial charge in [-0.1, -0.05) is 30.9 Å². The lowest BCUT2D eigenvalue weighted by Crippen LogP contribution is -2.43. The minimum Gasteiger partial charge on any atom is -0.434 e. The van der Waals surface area contributed by atoms with Crippen LogP contribution in [0.3, 0.4) is 0 Å². The average Bonchev–Trinajstić information content (AvgIpc) is 2.95. The summed E-state index contributed by atoms with van der Waals surface area (Å²) in [4.78, 5) is 38.9. The van der Waals surface area contributed by atoms with E-state index in [1.165, 1.54) is 24.0 Å². The van der Waals surface area contributed by atoms with Crippen molar-refractivity contribution in [1.29, 1.82) is 0 Å². The quantitative estimate of drug-likeness (QED) is 0.636. The molecule has 1 amide bonds. The molecule has 0 bridgehead atoms. The van der Waals surface area contributed by atoms with Crippen molar-refractivity contribution in [3.8, 4) is 0 Å². The SMILES string of the molecule is CCOC(=O)OC1=C(C(C)=O)C(C2CCCCC2)N(c2ccc(Cl)cc2F)C1=O. The molecule has 1 heterocycles. The predicted octanol–water partition coefficient (Wildman–Crippen LogP) is 4.79. The molecule has 1 saturated carbocycles. The fourth-order valence-electron chi connectivity index (χ4n) is 4.14. The number of carbonyl (C=O) groups is 3. The molecule has 0 saturated heterocycles. The van der Waals surface area contributed by atoms with Crippen LogP contribution < -0.4 is 4.90 Å². The maximum atomic E-state index is 14.7. The summed E-state index contributed by atoms with van der Waals surface area (Å²) < 4.78 is 24.6. The molecule has 0 N–H and O–H groups in total. The van der Waals surface area contributed by atoms with E-state index in [2.05, 4.69) is 0 Å². The number of benzene rings is 1. The van der Waals surface area contributed by atoms with E-state index in [-0.39, 0.29) is 34.6 Å². The zero-order chi connectivity index (χ0) is 21.1. The van der Waals surface area contributed by atoms with Gasteiger partial charge in [0.15, 0.2) is 5.78 Å². The summed E-state index contributed by atoms with van der Waals surface area (Å²) in [5.74, 6) is -2.26. The van der Waals surface area contributed by atoms with Gasteiger partial charge in [0.2, 0.25) is 5.76 Å². The second-order valence-electron chi connectivity index (χ2n) is 7.20. The lowest BCUT2D eigenvalue weighted by molar-refractivity contribution is -0.118. The van der Waals surface area contributed by atoms with Crippen molar-refractivity contribution in [3.05, 3.63) is 40.4 Å². The molecule has 1 aromatic carbocycles. The Kier molecular flexibility index (Phi) is 6.57. The minimum atomic E-state index is -1.07. The third kappa shape index (κ3) is 4.29. The van der Waals surface area contributed by atoms with E-state index in [0.29, 0.717) is 0 Å². The van der Waals surface area contributed by atoms with E-state index in [1.807, 2.05) is 0 Å². The van der Waals surface area contributed by atoms with Crippen molar-refractivity contribution in [2.24, 2.45) is 5.92 Å². The first-order valence-corrected chi connectivity index (χ1v) is 10.1. The Morgan fingerprint density at radius 3 is 2.52 bits per heavy atom. The molecule has 6 nitrogen and oxygen atoms in total. The highest BCUT2D eigenvalue weighted by molar-refractivity contribution is 6.30.